The minimum absolute atomic E-state index is 0.0155. The summed E-state index contributed by atoms with van der Waals surface area (Å²) in [6, 6.07) is 4.70. The Hall–Kier alpha value is -2.52. The number of nitrogens with zero attached hydrogens (tertiary/aromatic N) is 3. The van der Waals surface area contributed by atoms with Crippen molar-refractivity contribution in [2.24, 2.45) is 11.7 Å². The topological polar surface area (TPSA) is 96.2 Å². The minimum atomic E-state index is -1.39. The molecule has 0 bridgehead atoms. The van der Waals surface area contributed by atoms with Gasteiger partial charge in [-0.15, -0.1) is 0 Å². The van der Waals surface area contributed by atoms with Crippen molar-refractivity contribution in [1.29, 1.82) is 0 Å². The molecule has 5 rings (SSSR count). The molecule has 1 saturated carbocycles. The van der Waals surface area contributed by atoms with E-state index in [2.05, 4.69) is 16.7 Å². The van der Waals surface area contributed by atoms with Gasteiger partial charge in [-0.2, -0.15) is 0 Å². The first-order valence-corrected chi connectivity index (χ1v) is 13.4. The van der Waals surface area contributed by atoms with Crippen molar-refractivity contribution in [3.05, 3.63) is 29.3 Å². The second-order valence-electron chi connectivity index (χ2n) is 10.7. The van der Waals surface area contributed by atoms with E-state index in [9.17, 15) is 18.8 Å². The van der Waals surface area contributed by atoms with Crippen LogP contribution in [0.4, 0.5) is 10.1 Å². The summed E-state index contributed by atoms with van der Waals surface area (Å²) in [7, 11) is 0. The number of ether oxygens (including phenoxy) is 1. The van der Waals surface area contributed by atoms with Crippen LogP contribution in [0.2, 0.25) is 0 Å². The number of Topliss-reactive ketones (excluding diaryl/α,β-unsaturated/α-hetero) is 1. The molecule has 3 aliphatic heterocycles. The van der Waals surface area contributed by atoms with Crippen molar-refractivity contribution >= 4 is 23.3 Å². The molecule has 36 heavy (non-hydrogen) atoms. The van der Waals surface area contributed by atoms with Crippen molar-refractivity contribution in [3.8, 4) is 0 Å². The van der Waals surface area contributed by atoms with Gasteiger partial charge in [0.25, 0.3) is 0 Å². The van der Waals surface area contributed by atoms with Crippen LogP contribution in [0.5, 0.6) is 0 Å². The van der Waals surface area contributed by atoms with E-state index in [1.54, 1.807) is 6.07 Å². The molecule has 2 N–H and O–H groups in total. The van der Waals surface area contributed by atoms with Crippen LogP contribution in [0.1, 0.15) is 60.9 Å². The van der Waals surface area contributed by atoms with Crippen molar-refractivity contribution in [2.75, 3.05) is 50.8 Å². The number of fused-ring (bicyclic) bond motifs is 1. The molecule has 4 aliphatic rings. The standard InChI is InChI=1S/C27H37FN4O4/c1-2-9-30-10-12-31(13-11-30)18-7-8-19(26(29)34)20(14-18)23(17-5-3-4-6-17)27(35)32-15-21(28)25-24(32)22(33)16-36-25/h7-8,14,17,21,23-25H,2-6,9-13,15-16H2,1H3,(H2,29,34)/t21-,23-,24+,25+/m0/s1. The van der Waals surface area contributed by atoms with Crippen molar-refractivity contribution in [3.63, 3.8) is 0 Å². The van der Waals surface area contributed by atoms with Crippen LogP contribution in [0.3, 0.4) is 0 Å². The highest BCUT2D eigenvalue weighted by atomic mass is 19.1. The number of carbonyl (C=O) groups is 3. The van der Waals surface area contributed by atoms with Gasteiger partial charge in [-0.25, -0.2) is 4.39 Å². The van der Waals surface area contributed by atoms with Crippen LogP contribution in [-0.4, -0.2) is 91.6 Å². The average Bonchev–Trinajstić information content (AvgIpc) is 3.60. The number of carbonyl (C=O) groups excluding carboxylic acids is 3. The molecule has 2 amide bonds. The van der Waals surface area contributed by atoms with E-state index < -0.39 is 30.1 Å². The van der Waals surface area contributed by atoms with Crippen LogP contribution in [0, 0.1) is 5.92 Å². The number of amides is 2. The molecule has 4 atom stereocenters. The number of piperazine rings is 1. The predicted molar refractivity (Wildman–Crippen MR) is 134 cm³/mol. The summed E-state index contributed by atoms with van der Waals surface area (Å²) >= 11 is 0. The van der Waals surface area contributed by atoms with E-state index in [4.69, 9.17) is 10.5 Å². The fraction of sp³-hybridized carbons (Fsp3) is 0.667. The summed E-state index contributed by atoms with van der Waals surface area (Å²) < 4.78 is 20.1. The Morgan fingerprint density at radius 2 is 1.89 bits per heavy atom. The van der Waals surface area contributed by atoms with Gasteiger partial charge in [0.05, 0.1) is 12.5 Å². The van der Waals surface area contributed by atoms with E-state index in [1.165, 1.54) is 4.90 Å². The molecule has 1 aromatic rings. The zero-order chi connectivity index (χ0) is 25.4. The lowest BCUT2D eigenvalue weighted by Crippen LogP contribution is -2.47. The summed E-state index contributed by atoms with van der Waals surface area (Å²) in [6.07, 6.45) is 2.52. The number of ketones is 1. The van der Waals surface area contributed by atoms with Gasteiger partial charge in [0.1, 0.15) is 24.9 Å². The monoisotopic (exact) mass is 500 g/mol. The third-order valence-electron chi connectivity index (χ3n) is 8.46. The molecule has 0 aromatic heterocycles. The van der Waals surface area contributed by atoms with Crippen molar-refractivity contribution in [1.82, 2.24) is 9.80 Å². The number of rotatable bonds is 7. The van der Waals surface area contributed by atoms with Crippen LogP contribution >= 0.6 is 0 Å². The van der Waals surface area contributed by atoms with E-state index in [0.717, 1.165) is 70.5 Å². The first-order chi connectivity index (χ1) is 17.4. The number of alkyl halides is 1. The van der Waals surface area contributed by atoms with E-state index in [0.29, 0.717) is 11.1 Å². The maximum absolute atomic E-state index is 14.8. The highest BCUT2D eigenvalue weighted by molar-refractivity contribution is 5.99. The lowest BCUT2D eigenvalue weighted by molar-refractivity contribution is -0.138. The molecule has 4 fully saturated rings. The first kappa shape index (κ1) is 25.1. The molecular weight excluding hydrogens is 463 g/mol. The van der Waals surface area contributed by atoms with Gasteiger partial charge in [0, 0.05) is 37.4 Å². The summed E-state index contributed by atoms with van der Waals surface area (Å²) in [6.45, 7) is 6.58. The van der Waals surface area contributed by atoms with Crippen LogP contribution in [0.15, 0.2) is 18.2 Å². The second kappa shape index (κ2) is 10.5. The van der Waals surface area contributed by atoms with Crippen molar-refractivity contribution in [2.45, 2.75) is 63.3 Å². The van der Waals surface area contributed by atoms with E-state index in [1.807, 2.05) is 12.1 Å². The smallest absolute Gasteiger partial charge is 0.249 e. The molecule has 3 heterocycles. The molecule has 0 unspecified atom stereocenters. The Bertz CT molecular complexity index is 1010. The number of likely N-dealkylation sites (tertiary alicyclic amines) is 1. The zero-order valence-electron chi connectivity index (χ0n) is 21.0. The Balaban J connectivity index is 1.49. The first-order valence-electron chi connectivity index (χ1n) is 13.4. The SMILES string of the molecule is CCCN1CCN(c2ccc(C(N)=O)c([C@@H](C(=O)N3C[C@H](F)[C@H]4OCC(=O)[C@H]43)C3CCCC3)c2)CC1. The Labute approximate surface area is 211 Å². The summed E-state index contributed by atoms with van der Waals surface area (Å²) in [5.41, 5.74) is 7.70. The molecular formula is C27H37FN4O4. The summed E-state index contributed by atoms with van der Waals surface area (Å²) in [5, 5.41) is 0. The lowest BCUT2D eigenvalue weighted by atomic mass is 9.80. The number of benzene rings is 1. The van der Waals surface area contributed by atoms with Crippen LogP contribution in [-0.2, 0) is 14.3 Å². The van der Waals surface area contributed by atoms with Gasteiger partial charge in [-0.1, -0.05) is 19.8 Å². The van der Waals surface area contributed by atoms with E-state index >= 15 is 0 Å². The minimum Gasteiger partial charge on any atom is -0.369 e. The van der Waals surface area contributed by atoms with Gasteiger partial charge < -0.3 is 20.3 Å². The fourth-order valence-electron chi connectivity index (χ4n) is 6.66. The summed E-state index contributed by atoms with van der Waals surface area (Å²) in [5.74, 6) is -1.75. The average molecular weight is 501 g/mol. The van der Waals surface area contributed by atoms with Gasteiger partial charge >= 0.3 is 0 Å². The molecule has 0 spiro atoms. The molecule has 3 saturated heterocycles. The number of hydrogen-bond acceptors (Lipinski definition) is 6. The Kier molecular flexibility index (Phi) is 7.30. The quantitative estimate of drug-likeness (QED) is 0.616. The number of primary amides is 1. The number of anilines is 1. The highest BCUT2D eigenvalue weighted by Gasteiger charge is 2.54. The van der Waals surface area contributed by atoms with E-state index in [-0.39, 0.29) is 30.8 Å². The molecule has 1 aromatic carbocycles. The fourth-order valence-corrected chi connectivity index (χ4v) is 6.66. The number of nitrogens with two attached hydrogens (primary N) is 1. The molecule has 1 aliphatic carbocycles. The normalized spacial score (nSPS) is 28.1. The third-order valence-corrected chi connectivity index (χ3v) is 8.46. The molecule has 0 radical (unpaired) electrons. The van der Waals surface area contributed by atoms with Crippen LogP contribution < -0.4 is 10.6 Å². The summed E-state index contributed by atoms with van der Waals surface area (Å²) in [4.78, 5) is 45.3. The zero-order valence-corrected chi connectivity index (χ0v) is 21.0. The largest absolute Gasteiger partial charge is 0.369 e. The van der Waals surface area contributed by atoms with Gasteiger partial charge in [-0.3, -0.25) is 19.3 Å². The maximum atomic E-state index is 14.8. The van der Waals surface area contributed by atoms with Crippen molar-refractivity contribution < 1.29 is 23.5 Å². The predicted octanol–water partition coefficient (Wildman–Crippen LogP) is 2.11. The molecule has 8 nitrogen and oxygen atoms in total. The van der Waals surface area contributed by atoms with Gasteiger partial charge in [-0.05, 0) is 55.5 Å². The third kappa shape index (κ3) is 4.63. The van der Waals surface area contributed by atoms with Gasteiger partial charge in [0.2, 0.25) is 11.8 Å². The Morgan fingerprint density at radius 3 is 2.56 bits per heavy atom. The number of halogens is 1. The molecule has 9 heteroatoms. The number of hydrogen-bond donors (Lipinski definition) is 1. The highest BCUT2D eigenvalue weighted by Crippen LogP contribution is 2.43. The molecule has 196 valence electrons. The van der Waals surface area contributed by atoms with Gasteiger partial charge in [0.15, 0.2) is 5.78 Å². The maximum Gasteiger partial charge on any atom is 0.249 e. The second-order valence-corrected chi connectivity index (χ2v) is 10.7. The van der Waals surface area contributed by atoms with Crippen LogP contribution in [0.25, 0.3) is 0 Å². The lowest BCUT2D eigenvalue weighted by Gasteiger charge is -2.37. The Morgan fingerprint density at radius 1 is 1.17 bits per heavy atom.